The van der Waals surface area contributed by atoms with E-state index in [4.69, 9.17) is 0 Å². The van der Waals surface area contributed by atoms with Crippen molar-refractivity contribution in [2.24, 2.45) is 5.92 Å². The van der Waals surface area contributed by atoms with Crippen LogP contribution in [-0.2, 0) is 0 Å². The van der Waals surface area contributed by atoms with E-state index in [0.29, 0.717) is 12.5 Å². The second kappa shape index (κ2) is 5.41. The maximum absolute atomic E-state index is 11.6. The Labute approximate surface area is 71.3 Å². The third-order valence-electron chi connectivity index (χ3n) is 1.37. The highest BCUT2D eigenvalue weighted by Crippen LogP contribution is 2.20. The summed E-state index contributed by atoms with van der Waals surface area (Å²) in [6, 6.07) is 0. The van der Waals surface area contributed by atoms with Crippen molar-refractivity contribution in [3.63, 3.8) is 0 Å². The molecule has 12 heavy (non-hydrogen) atoms. The highest BCUT2D eigenvalue weighted by Gasteiger charge is 2.25. The van der Waals surface area contributed by atoms with Gasteiger partial charge in [-0.2, -0.15) is 13.2 Å². The van der Waals surface area contributed by atoms with E-state index in [1.165, 1.54) is 0 Å². The predicted molar refractivity (Wildman–Crippen MR) is 43.0 cm³/mol. The lowest BCUT2D eigenvalue weighted by atomic mass is 10.2. The fourth-order valence-corrected chi connectivity index (χ4v) is 0.805. The normalized spacial score (nSPS) is 12.5. The molecule has 1 nitrogen and oxygen atoms in total. The Morgan fingerprint density at radius 3 is 2.25 bits per heavy atom. The van der Waals surface area contributed by atoms with Gasteiger partial charge < -0.3 is 5.32 Å². The standard InChI is InChI=1S/C8H16F3N/c1-7(2)6-12-5-3-4-8(9,10)11/h7,12H,3-6H2,1-2H3. The zero-order valence-electron chi connectivity index (χ0n) is 7.54. The van der Waals surface area contributed by atoms with Gasteiger partial charge in [0.25, 0.3) is 0 Å². The molecule has 0 aromatic heterocycles. The first kappa shape index (κ1) is 11.8. The molecule has 0 aliphatic carbocycles. The monoisotopic (exact) mass is 183 g/mol. The highest BCUT2D eigenvalue weighted by atomic mass is 19.4. The van der Waals surface area contributed by atoms with Crippen molar-refractivity contribution in [3.8, 4) is 0 Å². The van der Waals surface area contributed by atoms with Crippen LogP contribution < -0.4 is 5.32 Å². The molecule has 0 aromatic carbocycles. The average molecular weight is 183 g/mol. The summed E-state index contributed by atoms with van der Waals surface area (Å²) in [7, 11) is 0. The first-order chi connectivity index (χ1) is 5.42. The van der Waals surface area contributed by atoms with Crippen molar-refractivity contribution in [2.45, 2.75) is 32.9 Å². The minimum Gasteiger partial charge on any atom is -0.316 e. The third kappa shape index (κ3) is 9.75. The molecule has 1 N–H and O–H groups in total. The summed E-state index contributed by atoms with van der Waals surface area (Å²) in [5, 5.41) is 2.96. The second-order valence-corrected chi connectivity index (χ2v) is 3.32. The van der Waals surface area contributed by atoms with Gasteiger partial charge in [-0.1, -0.05) is 13.8 Å². The van der Waals surface area contributed by atoms with Crippen molar-refractivity contribution in [1.29, 1.82) is 0 Å². The number of halogens is 3. The summed E-state index contributed by atoms with van der Waals surface area (Å²) in [6.45, 7) is 5.29. The van der Waals surface area contributed by atoms with Crippen LogP contribution in [0, 0.1) is 5.92 Å². The lowest BCUT2D eigenvalue weighted by molar-refractivity contribution is -0.135. The minimum atomic E-state index is -4.00. The number of hydrogen-bond donors (Lipinski definition) is 1. The van der Waals surface area contributed by atoms with Gasteiger partial charge in [-0.3, -0.25) is 0 Å². The van der Waals surface area contributed by atoms with Gasteiger partial charge in [0.2, 0.25) is 0 Å². The fraction of sp³-hybridized carbons (Fsp3) is 1.00. The lowest BCUT2D eigenvalue weighted by Crippen LogP contribution is -2.22. The molecular weight excluding hydrogens is 167 g/mol. The van der Waals surface area contributed by atoms with Crippen molar-refractivity contribution >= 4 is 0 Å². The van der Waals surface area contributed by atoms with Crippen LogP contribution in [0.25, 0.3) is 0 Å². The second-order valence-electron chi connectivity index (χ2n) is 3.32. The van der Waals surface area contributed by atoms with Crippen LogP contribution >= 0.6 is 0 Å². The minimum absolute atomic E-state index is 0.177. The Morgan fingerprint density at radius 2 is 1.83 bits per heavy atom. The Kier molecular flexibility index (Phi) is 5.29. The molecule has 0 atom stereocenters. The van der Waals surface area contributed by atoms with E-state index in [9.17, 15) is 13.2 Å². The molecule has 0 aliphatic heterocycles. The largest absolute Gasteiger partial charge is 0.389 e. The van der Waals surface area contributed by atoms with Gasteiger partial charge >= 0.3 is 6.18 Å². The molecule has 0 fully saturated rings. The SMILES string of the molecule is CC(C)CNCCCC(F)(F)F. The molecule has 0 spiro atoms. The van der Waals surface area contributed by atoms with Crippen molar-refractivity contribution in [1.82, 2.24) is 5.32 Å². The van der Waals surface area contributed by atoms with Crippen LogP contribution in [-0.4, -0.2) is 19.3 Å². The summed E-state index contributed by atoms with van der Waals surface area (Å²) in [6.07, 6.45) is -4.51. The molecule has 0 aliphatic rings. The predicted octanol–water partition coefficient (Wildman–Crippen LogP) is 2.57. The van der Waals surface area contributed by atoms with E-state index in [-0.39, 0.29) is 6.42 Å². The van der Waals surface area contributed by atoms with Crippen molar-refractivity contribution < 1.29 is 13.2 Å². The zero-order chi connectivity index (χ0) is 9.61. The first-order valence-electron chi connectivity index (χ1n) is 4.19. The Morgan fingerprint density at radius 1 is 1.25 bits per heavy atom. The summed E-state index contributed by atoms with van der Waals surface area (Å²) in [5.74, 6) is 0.496. The van der Waals surface area contributed by atoms with Crippen LogP contribution in [0.2, 0.25) is 0 Å². The van der Waals surface area contributed by atoms with E-state index in [1.54, 1.807) is 0 Å². The molecule has 0 amide bonds. The van der Waals surface area contributed by atoms with E-state index in [2.05, 4.69) is 5.32 Å². The lowest BCUT2D eigenvalue weighted by Gasteiger charge is -2.08. The van der Waals surface area contributed by atoms with E-state index in [0.717, 1.165) is 6.54 Å². The van der Waals surface area contributed by atoms with Crippen LogP contribution in [0.5, 0.6) is 0 Å². The molecule has 4 heteroatoms. The molecule has 0 saturated heterocycles. The van der Waals surface area contributed by atoms with Crippen LogP contribution in [0.3, 0.4) is 0 Å². The molecule has 0 radical (unpaired) electrons. The third-order valence-corrected chi connectivity index (χ3v) is 1.37. The molecule has 0 saturated carbocycles. The van der Waals surface area contributed by atoms with E-state index < -0.39 is 12.6 Å². The number of alkyl halides is 3. The molecule has 0 unspecified atom stereocenters. The van der Waals surface area contributed by atoms with Gasteiger partial charge in [0.05, 0.1) is 0 Å². The number of hydrogen-bond acceptors (Lipinski definition) is 1. The highest BCUT2D eigenvalue weighted by molar-refractivity contribution is 4.55. The molecular formula is C8H16F3N. The molecule has 0 heterocycles. The van der Waals surface area contributed by atoms with Crippen molar-refractivity contribution in [3.05, 3.63) is 0 Å². The summed E-state index contributed by atoms with van der Waals surface area (Å²) >= 11 is 0. The average Bonchev–Trinajstić information content (AvgIpc) is 1.83. The van der Waals surface area contributed by atoms with Gasteiger partial charge in [0.1, 0.15) is 0 Å². The maximum atomic E-state index is 11.6. The molecule has 0 bridgehead atoms. The first-order valence-corrected chi connectivity index (χ1v) is 4.19. The topological polar surface area (TPSA) is 12.0 Å². The van der Waals surface area contributed by atoms with E-state index >= 15 is 0 Å². The molecule has 74 valence electrons. The summed E-state index contributed by atoms with van der Waals surface area (Å²) < 4.78 is 34.8. The molecule has 0 aromatic rings. The Hall–Kier alpha value is -0.250. The maximum Gasteiger partial charge on any atom is 0.389 e. The van der Waals surface area contributed by atoms with Gasteiger partial charge in [0, 0.05) is 6.42 Å². The number of rotatable bonds is 5. The van der Waals surface area contributed by atoms with Crippen LogP contribution in [0.15, 0.2) is 0 Å². The van der Waals surface area contributed by atoms with E-state index in [1.807, 2.05) is 13.8 Å². The summed E-state index contributed by atoms with van der Waals surface area (Å²) in [4.78, 5) is 0. The van der Waals surface area contributed by atoms with Gasteiger partial charge in [-0.05, 0) is 25.4 Å². The summed E-state index contributed by atoms with van der Waals surface area (Å²) in [5.41, 5.74) is 0. The van der Waals surface area contributed by atoms with Crippen molar-refractivity contribution in [2.75, 3.05) is 13.1 Å². The Bertz CT molecular complexity index is 109. The fourth-order valence-electron chi connectivity index (χ4n) is 0.805. The zero-order valence-corrected chi connectivity index (χ0v) is 7.54. The van der Waals surface area contributed by atoms with Gasteiger partial charge in [-0.15, -0.1) is 0 Å². The van der Waals surface area contributed by atoms with Crippen LogP contribution in [0.1, 0.15) is 26.7 Å². The van der Waals surface area contributed by atoms with Gasteiger partial charge in [-0.25, -0.2) is 0 Å². The Balaban J connectivity index is 3.12. The smallest absolute Gasteiger partial charge is 0.316 e. The number of nitrogens with one attached hydrogen (secondary N) is 1. The van der Waals surface area contributed by atoms with Gasteiger partial charge in [0.15, 0.2) is 0 Å². The molecule has 0 rings (SSSR count). The van der Waals surface area contributed by atoms with Crippen LogP contribution in [0.4, 0.5) is 13.2 Å². The quantitative estimate of drug-likeness (QED) is 0.646.